The van der Waals surface area contributed by atoms with Crippen molar-refractivity contribution in [2.45, 2.75) is 37.0 Å². The Morgan fingerprint density at radius 2 is 2.10 bits per heavy atom. The zero-order valence-electron chi connectivity index (χ0n) is 16.2. The van der Waals surface area contributed by atoms with E-state index in [-0.39, 0.29) is 0 Å². The lowest BCUT2D eigenvalue weighted by molar-refractivity contribution is -0.385. The molecule has 8 nitrogen and oxygen atoms in total. The Bertz CT molecular complexity index is 1100. The van der Waals surface area contributed by atoms with Crippen molar-refractivity contribution >= 4 is 40.4 Å². The van der Waals surface area contributed by atoms with Crippen LogP contribution in [0.2, 0.25) is 0 Å². The molecule has 0 aliphatic carbocycles. The van der Waals surface area contributed by atoms with E-state index in [9.17, 15) is 28.1 Å². The van der Waals surface area contributed by atoms with Gasteiger partial charge in [0.15, 0.2) is 11.0 Å². The van der Waals surface area contributed by atoms with E-state index in [0.717, 1.165) is 28.8 Å². The molecule has 0 radical (unpaired) electrons. The number of nitrogens with zero attached hydrogens (tertiary/aromatic N) is 4. The molecule has 0 bridgehead atoms. The summed E-state index contributed by atoms with van der Waals surface area (Å²) >= 11 is 2.54. The molecule has 164 valence electrons. The summed E-state index contributed by atoms with van der Waals surface area (Å²) in [6, 6.07) is 5.94. The van der Waals surface area contributed by atoms with Gasteiger partial charge in [-0.25, -0.2) is 0 Å². The Hall–Kier alpha value is -2.93. The molecule has 0 aliphatic rings. The molecule has 1 amide bonds. The first-order valence-corrected chi connectivity index (χ1v) is 10.7. The first-order valence-electron chi connectivity index (χ1n) is 8.92. The standard InChI is InChI=1S/C18H16F3N5O3S2/c1-3-25-15(14-5-4-8-30-14)23-24-17(25)31-10(2)16(27)22-13-7-6-11(26(28)29)9-12(13)18(19,20)21/h4-10H,3H2,1-2H3,(H,22,27). The average Bonchev–Trinajstić information content (AvgIpc) is 3.36. The third kappa shape index (κ3) is 5.05. The fourth-order valence-electron chi connectivity index (χ4n) is 2.68. The van der Waals surface area contributed by atoms with E-state index in [1.165, 1.54) is 18.3 Å². The van der Waals surface area contributed by atoms with Gasteiger partial charge in [0.1, 0.15) is 0 Å². The summed E-state index contributed by atoms with van der Waals surface area (Å²) in [6.07, 6.45) is -4.87. The lowest BCUT2D eigenvalue weighted by atomic mass is 10.1. The summed E-state index contributed by atoms with van der Waals surface area (Å²) in [4.78, 5) is 23.3. The summed E-state index contributed by atoms with van der Waals surface area (Å²) in [6.45, 7) is 3.96. The molecule has 3 aromatic rings. The number of nitrogens with one attached hydrogen (secondary N) is 1. The van der Waals surface area contributed by atoms with Crippen LogP contribution in [0.5, 0.6) is 0 Å². The molecule has 1 atom stereocenters. The Morgan fingerprint density at radius 1 is 1.35 bits per heavy atom. The van der Waals surface area contributed by atoms with Gasteiger partial charge in [-0.2, -0.15) is 13.2 Å². The van der Waals surface area contributed by atoms with Gasteiger partial charge in [0.05, 0.1) is 26.3 Å². The van der Waals surface area contributed by atoms with Crippen LogP contribution in [0.1, 0.15) is 19.4 Å². The molecule has 3 rings (SSSR count). The van der Waals surface area contributed by atoms with E-state index < -0.39 is 39.2 Å². The molecule has 0 aliphatic heterocycles. The molecule has 0 saturated heterocycles. The molecule has 0 spiro atoms. The Morgan fingerprint density at radius 3 is 2.68 bits per heavy atom. The number of carbonyl (C=O) groups excluding carboxylic acids is 1. The molecule has 2 heterocycles. The Labute approximate surface area is 182 Å². The number of thiophene rings is 1. The van der Waals surface area contributed by atoms with Crippen LogP contribution in [0.4, 0.5) is 24.5 Å². The summed E-state index contributed by atoms with van der Waals surface area (Å²) in [5, 5.41) is 22.8. The van der Waals surface area contributed by atoms with Gasteiger partial charge in [-0.15, -0.1) is 21.5 Å². The number of halogens is 3. The number of alkyl halides is 3. The second-order valence-corrected chi connectivity index (χ2v) is 8.52. The van der Waals surface area contributed by atoms with E-state index in [2.05, 4.69) is 15.5 Å². The number of nitro groups is 1. The number of anilines is 1. The highest BCUT2D eigenvalue weighted by atomic mass is 32.2. The quantitative estimate of drug-likeness (QED) is 0.293. The van der Waals surface area contributed by atoms with Crippen LogP contribution in [-0.2, 0) is 17.5 Å². The van der Waals surface area contributed by atoms with Crippen molar-refractivity contribution in [1.29, 1.82) is 0 Å². The van der Waals surface area contributed by atoms with E-state index in [1.54, 1.807) is 0 Å². The smallest absolute Gasteiger partial charge is 0.325 e. The number of amides is 1. The van der Waals surface area contributed by atoms with Crippen molar-refractivity contribution in [1.82, 2.24) is 14.8 Å². The van der Waals surface area contributed by atoms with Crippen LogP contribution in [0.15, 0.2) is 40.9 Å². The molecule has 31 heavy (non-hydrogen) atoms. The average molecular weight is 471 g/mol. The molecule has 0 saturated carbocycles. The molecular weight excluding hydrogens is 455 g/mol. The van der Waals surface area contributed by atoms with Crippen LogP contribution in [-0.4, -0.2) is 30.8 Å². The van der Waals surface area contributed by atoms with Crippen molar-refractivity contribution in [2.75, 3.05) is 5.32 Å². The second-order valence-electron chi connectivity index (χ2n) is 6.26. The van der Waals surface area contributed by atoms with Gasteiger partial charge in [-0.3, -0.25) is 14.9 Å². The lowest BCUT2D eigenvalue weighted by Gasteiger charge is -2.16. The minimum absolute atomic E-state index is 0.397. The zero-order valence-corrected chi connectivity index (χ0v) is 17.8. The van der Waals surface area contributed by atoms with E-state index in [4.69, 9.17) is 0 Å². The number of nitro benzene ring substituents is 1. The first kappa shape index (κ1) is 22.7. The third-order valence-corrected chi connectivity index (χ3v) is 6.15. The third-order valence-electron chi connectivity index (χ3n) is 4.20. The lowest BCUT2D eigenvalue weighted by Crippen LogP contribution is -2.24. The fraction of sp³-hybridized carbons (Fsp3) is 0.278. The largest absolute Gasteiger partial charge is 0.418 e. The number of non-ortho nitro benzene ring substituents is 1. The van der Waals surface area contributed by atoms with Crippen LogP contribution >= 0.6 is 23.1 Å². The Kier molecular flexibility index (Phi) is 6.65. The molecule has 13 heteroatoms. The van der Waals surface area contributed by atoms with Crippen LogP contribution < -0.4 is 5.32 Å². The van der Waals surface area contributed by atoms with Crippen molar-refractivity contribution in [3.05, 3.63) is 51.4 Å². The zero-order chi connectivity index (χ0) is 22.8. The molecule has 1 N–H and O–H groups in total. The summed E-state index contributed by atoms with van der Waals surface area (Å²) < 4.78 is 41.8. The predicted molar refractivity (Wildman–Crippen MR) is 111 cm³/mol. The summed E-state index contributed by atoms with van der Waals surface area (Å²) in [7, 11) is 0. The minimum atomic E-state index is -4.87. The number of rotatable bonds is 7. The monoisotopic (exact) mass is 471 g/mol. The van der Waals surface area contributed by atoms with E-state index in [1.807, 2.05) is 29.0 Å². The number of thioether (sulfide) groups is 1. The van der Waals surface area contributed by atoms with Crippen molar-refractivity contribution in [2.24, 2.45) is 0 Å². The summed E-state index contributed by atoms with van der Waals surface area (Å²) in [5.74, 6) is -0.0602. The molecule has 2 aromatic heterocycles. The van der Waals surface area contributed by atoms with Gasteiger partial charge < -0.3 is 9.88 Å². The summed E-state index contributed by atoms with van der Waals surface area (Å²) in [5.41, 5.74) is -2.55. The van der Waals surface area contributed by atoms with Crippen LogP contribution in [0.25, 0.3) is 10.7 Å². The van der Waals surface area contributed by atoms with E-state index in [0.29, 0.717) is 23.6 Å². The number of hydrogen-bond donors (Lipinski definition) is 1. The van der Waals surface area contributed by atoms with Gasteiger partial charge in [0.25, 0.3) is 5.69 Å². The molecule has 1 unspecified atom stereocenters. The SMILES string of the molecule is CCn1c(SC(C)C(=O)Nc2ccc([N+](=O)[O-])cc2C(F)(F)F)nnc1-c1cccs1. The number of hydrogen-bond acceptors (Lipinski definition) is 7. The maximum atomic E-state index is 13.3. The number of benzene rings is 1. The highest BCUT2D eigenvalue weighted by Crippen LogP contribution is 2.37. The van der Waals surface area contributed by atoms with Crippen LogP contribution in [0.3, 0.4) is 0 Å². The highest BCUT2D eigenvalue weighted by Gasteiger charge is 2.36. The van der Waals surface area contributed by atoms with Gasteiger partial charge in [0.2, 0.25) is 5.91 Å². The molecular formula is C18H16F3N5O3S2. The van der Waals surface area contributed by atoms with Crippen molar-refractivity contribution in [3.8, 4) is 10.7 Å². The van der Waals surface area contributed by atoms with Crippen molar-refractivity contribution < 1.29 is 22.9 Å². The minimum Gasteiger partial charge on any atom is -0.325 e. The predicted octanol–water partition coefficient (Wildman–Crippen LogP) is 5.07. The Balaban J connectivity index is 1.80. The van der Waals surface area contributed by atoms with Crippen molar-refractivity contribution in [3.63, 3.8) is 0 Å². The second kappa shape index (κ2) is 9.06. The van der Waals surface area contributed by atoms with Gasteiger partial charge in [-0.05, 0) is 31.4 Å². The normalized spacial score (nSPS) is 12.5. The van der Waals surface area contributed by atoms with E-state index >= 15 is 0 Å². The number of aromatic nitrogens is 3. The topological polar surface area (TPSA) is 103 Å². The highest BCUT2D eigenvalue weighted by molar-refractivity contribution is 8.00. The molecule has 1 aromatic carbocycles. The number of carbonyl (C=O) groups is 1. The molecule has 0 fully saturated rings. The van der Waals surface area contributed by atoms with Crippen LogP contribution in [0, 0.1) is 10.1 Å². The maximum absolute atomic E-state index is 13.3. The van der Waals surface area contributed by atoms with Gasteiger partial charge >= 0.3 is 6.18 Å². The van der Waals surface area contributed by atoms with Gasteiger partial charge in [-0.1, -0.05) is 17.8 Å². The first-order chi connectivity index (χ1) is 14.6. The fourth-order valence-corrected chi connectivity index (χ4v) is 4.31. The maximum Gasteiger partial charge on any atom is 0.418 e. The van der Waals surface area contributed by atoms with Gasteiger partial charge in [0, 0.05) is 18.7 Å².